The Morgan fingerprint density at radius 1 is 1.35 bits per heavy atom. The molecule has 2 aliphatic rings. The molecule has 0 unspecified atom stereocenters. The standard InChI is InChI=1S/C14H23N3O3/c1-2-9-15-11(18)6-5-10-17-12(19)14(16-13(17)20)7-3-4-8-14/h2-10H2,1H3,(H,15,18)(H,16,20). The molecule has 2 rings (SSSR count). The van der Waals surface area contributed by atoms with Gasteiger partial charge in [0.2, 0.25) is 5.91 Å². The summed E-state index contributed by atoms with van der Waals surface area (Å²) in [4.78, 5) is 37.0. The van der Waals surface area contributed by atoms with E-state index in [1.54, 1.807) is 0 Å². The number of amides is 4. The van der Waals surface area contributed by atoms with Crippen molar-refractivity contribution < 1.29 is 14.4 Å². The fraction of sp³-hybridized carbons (Fsp3) is 0.786. The molecule has 1 spiro atoms. The van der Waals surface area contributed by atoms with Crippen LogP contribution in [0.2, 0.25) is 0 Å². The first-order valence-electron chi connectivity index (χ1n) is 7.50. The van der Waals surface area contributed by atoms with Gasteiger partial charge in [0.05, 0.1) is 0 Å². The molecule has 1 aliphatic heterocycles. The number of rotatable bonds is 6. The highest BCUT2D eigenvalue weighted by Crippen LogP contribution is 2.35. The molecule has 1 heterocycles. The zero-order valence-corrected chi connectivity index (χ0v) is 12.0. The molecule has 1 aliphatic carbocycles. The van der Waals surface area contributed by atoms with Crippen molar-refractivity contribution in [3.63, 3.8) is 0 Å². The van der Waals surface area contributed by atoms with Gasteiger partial charge >= 0.3 is 6.03 Å². The number of carbonyl (C=O) groups is 3. The van der Waals surface area contributed by atoms with Gasteiger partial charge in [0.25, 0.3) is 5.91 Å². The van der Waals surface area contributed by atoms with Crippen LogP contribution in [0.1, 0.15) is 51.9 Å². The fourth-order valence-corrected chi connectivity index (χ4v) is 2.95. The molecule has 4 amide bonds. The molecule has 1 saturated heterocycles. The maximum Gasteiger partial charge on any atom is 0.325 e. The lowest BCUT2D eigenvalue weighted by atomic mass is 9.98. The molecule has 0 aromatic carbocycles. The normalized spacial score (nSPS) is 20.6. The minimum absolute atomic E-state index is 0.0190. The monoisotopic (exact) mass is 281 g/mol. The molecule has 0 bridgehead atoms. The SMILES string of the molecule is CCCNC(=O)CCCN1C(=O)NC2(CCCC2)C1=O. The highest BCUT2D eigenvalue weighted by atomic mass is 16.2. The van der Waals surface area contributed by atoms with Crippen LogP contribution in [0.3, 0.4) is 0 Å². The molecule has 0 aromatic heterocycles. The average molecular weight is 281 g/mol. The minimum Gasteiger partial charge on any atom is -0.356 e. The molecule has 6 nitrogen and oxygen atoms in total. The van der Waals surface area contributed by atoms with Crippen molar-refractivity contribution in [1.82, 2.24) is 15.5 Å². The van der Waals surface area contributed by atoms with Crippen molar-refractivity contribution in [2.45, 2.75) is 57.4 Å². The van der Waals surface area contributed by atoms with Crippen molar-refractivity contribution in [3.8, 4) is 0 Å². The van der Waals surface area contributed by atoms with Gasteiger partial charge in [0, 0.05) is 19.5 Å². The summed E-state index contributed by atoms with van der Waals surface area (Å²) in [6.45, 7) is 2.99. The van der Waals surface area contributed by atoms with Gasteiger partial charge in [0.15, 0.2) is 0 Å². The summed E-state index contributed by atoms with van der Waals surface area (Å²) >= 11 is 0. The van der Waals surface area contributed by atoms with Gasteiger partial charge in [-0.2, -0.15) is 0 Å². The Kier molecular flexibility index (Phi) is 4.62. The van der Waals surface area contributed by atoms with Crippen LogP contribution in [0.25, 0.3) is 0 Å². The first-order valence-corrected chi connectivity index (χ1v) is 7.50. The number of hydrogen-bond acceptors (Lipinski definition) is 3. The number of hydrogen-bond donors (Lipinski definition) is 2. The van der Waals surface area contributed by atoms with Crippen LogP contribution in [-0.2, 0) is 9.59 Å². The first kappa shape index (κ1) is 14.8. The van der Waals surface area contributed by atoms with Crippen molar-refractivity contribution in [2.24, 2.45) is 0 Å². The Bertz CT molecular complexity index is 402. The van der Waals surface area contributed by atoms with Gasteiger partial charge in [0.1, 0.15) is 5.54 Å². The van der Waals surface area contributed by atoms with Crippen molar-refractivity contribution in [3.05, 3.63) is 0 Å². The zero-order valence-electron chi connectivity index (χ0n) is 12.0. The number of nitrogens with one attached hydrogen (secondary N) is 2. The van der Waals surface area contributed by atoms with Crippen molar-refractivity contribution in [1.29, 1.82) is 0 Å². The van der Waals surface area contributed by atoms with Crippen LogP contribution >= 0.6 is 0 Å². The van der Waals surface area contributed by atoms with E-state index in [-0.39, 0.29) is 17.8 Å². The van der Waals surface area contributed by atoms with Gasteiger partial charge < -0.3 is 10.6 Å². The van der Waals surface area contributed by atoms with Crippen LogP contribution < -0.4 is 10.6 Å². The summed E-state index contributed by atoms with van der Waals surface area (Å²) in [5.74, 6) is -0.122. The maximum absolute atomic E-state index is 12.3. The van der Waals surface area contributed by atoms with Crippen LogP contribution in [0.15, 0.2) is 0 Å². The minimum atomic E-state index is -0.637. The predicted octanol–water partition coefficient (Wildman–Crippen LogP) is 1.16. The first-order chi connectivity index (χ1) is 9.59. The lowest BCUT2D eigenvalue weighted by Gasteiger charge is -2.19. The van der Waals surface area contributed by atoms with E-state index in [2.05, 4.69) is 10.6 Å². The van der Waals surface area contributed by atoms with E-state index >= 15 is 0 Å². The summed E-state index contributed by atoms with van der Waals surface area (Å²) in [5.41, 5.74) is -0.637. The second-order valence-electron chi connectivity index (χ2n) is 5.63. The van der Waals surface area contributed by atoms with E-state index in [0.717, 1.165) is 32.1 Å². The third-order valence-corrected chi connectivity index (χ3v) is 4.06. The number of urea groups is 1. The van der Waals surface area contributed by atoms with E-state index < -0.39 is 5.54 Å². The lowest BCUT2D eigenvalue weighted by molar-refractivity contribution is -0.131. The highest BCUT2D eigenvalue weighted by Gasteiger charge is 2.51. The molecule has 2 N–H and O–H groups in total. The third-order valence-electron chi connectivity index (χ3n) is 4.06. The van der Waals surface area contributed by atoms with Crippen LogP contribution in [0.4, 0.5) is 4.79 Å². The third kappa shape index (κ3) is 2.94. The summed E-state index contributed by atoms with van der Waals surface area (Å²) in [7, 11) is 0. The smallest absolute Gasteiger partial charge is 0.325 e. The Morgan fingerprint density at radius 3 is 2.70 bits per heavy atom. The Hall–Kier alpha value is -1.59. The number of carbonyl (C=O) groups excluding carboxylic acids is 3. The largest absolute Gasteiger partial charge is 0.356 e. The molecular formula is C14H23N3O3. The lowest BCUT2D eigenvalue weighted by Crippen LogP contribution is -2.44. The molecule has 112 valence electrons. The Labute approximate surface area is 119 Å². The zero-order chi connectivity index (χ0) is 14.6. The van der Waals surface area contributed by atoms with Gasteiger partial charge in [-0.15, -0.1) is 0 Å². The molecule has 20 heavy (non-hydrogen) atoms. The quantitative estimate of drug-likeness (QED) is 0.717. The summed E-state index contributed by atoms with van der Waals surface area (Å²) in [5, 5.41) is 5.62. The summed E-state index contributed by atoms with van der Waals surface area (Å²) < 4.78 is 0. The van der Waals surface area contributed by atoms with E-state index in [9.17, 15) is 14.4 Å². The van der Waals surface area contributed by atoms with E-state index in [0.29, 0.717) is 25.9 Å². The van der Waals surface area contributed by atoms with E-state index in [1.165, 1.54) is 4.90 Å². The van der Waals surface area contributed by atoms with Gasteiger partial charge in [-0.3, -0.25) is 14.5 Å². The molecule has 0 radical (unpaired) electrons. The Morgan fingerprint density at radius 2 is 2.05 bits per heavy atom. The molecule has 2 fully saturated rings. The maximum atomic E-state index is 12.3. The topological polar surface area (TPSA) is 78.5 Å². The second kappa shape index (κ2) is 6.24. The van der Waals surface area contributed by atoms with Gasteiger partial charge in [-0.1, -0.05) is 19.8 Å². The summed E-state index contributed by atoms with van der Waals surface area (Å²) in [6.07, 6.45) is 5.23. The number of nitrogens with zero attached hydrogens (tertiary/aromatic N) is 1. The van der Waals surface area contributed by atoms with Gasteiger partial charge in [-0.05, 0) is 25.7 Å². The van der Waals surface area contributed by atoms with Crippen LogP contribution in [0.5, 0.6) is 0 Å². The molecule has 0 atom stereocenters. The highest BCUT2D eigenvalue weighted by molar-refractivity contribution is 6.07. The second-order valence-corrected chi connectivity index (χ2v) is 5.63. The van der Waals surface area contributed by atoms with Gasteiger partial charge in [-0.25, -0.2) is 4.79 Å². The summed E-state index contributed by atoms with van der Waals surface area (Å²) in [6, 6.07) is -0.300. The van der Waals surface area contributed by atoms with E-state index in [4.69, 9.17) is 0 Å². The van der Waals surface area contributed by atoms with E-state index in [1.807, 2.05) is 6.92 Å². The predicted molar refractivity (Wildman–Crippen MR) is 74.0 cm³/mol. The number of imide groups is 1. The molecule has 1 saturated carbocycles. The molecular weight excluding hydrogens is 258 g/mol. The van der Waals surface area contributed by atoms with Crippen LogP contribution in [-0.4, -0.2) is 41.4 Å². The van der Waals surface area contributed by atoms with Crippen molar-refractivity contribution >= 4 is 17.8 Å². The average Bonchev–Trinajstić information content (AvgIpc) is 2.97. The Balaban J connectivity index is 1.80. The van der Waals surface area contributed by atoms with Crippen LogP contribution in [0, 0.1) is 0 Å². The molecule has 0 aromatic rings. The molecule has 6 heteroatoms. The fourth-order valence-electron chi connectivity index (χ4n) is 2.95. The van der Waals surface area contributed by atoms with Crippen molar-refractivity contribution in [2.75, 3.05) is 13.1 Å².